The molecular formula is C15H17N3O5S. The van der Waals surface area contributed by atoms with E-state index >= 15 is 0 Å². The zero-order chi connectivity index (χ0) is 17.5. The summed E-state index contributed by atoms with van der Waals surface area (Å²) in [6, 6.07) is 9.84. The number of carboxylic acids is 1. The molecule has 24 heavy (non-hydrogen) atoms. The second kappa shape index (κ2) is 8.48. The van der Waals surface area contributed by atoms with Gasteiger partial charge in [-0.15, -0.1) is 11.8 Å². The molecule has 1 aromatic carbocycles. The van der Waals surface area contributed by atoms with Gasteiger partial charge in [0.2, 0.25) is 0 Å². The van der Waals surface area contributed by atoms with Crippen LogP contribution in [-0.2, 0) is 4.74 Å². The summed E-state index contributed by atoms with van der Waals surface area (Å²) in [6.07, 6.45) is 1.18. The molecule has 1 aromatic heterocycles. The maximum Gasteiger partial charge on any atom is 0.351 e. The van der Waals surface area contributed by atoms with Crippen molar-refractivity contribution in [2.75, 3.05) is 18.1 Å². The second-order valence-electron chi connectivity index (χ2n) is 4.75. The van der Waals surface area contributed by atoms with E-state index in [4.69, 9.17) is 20.7 Å². The minimum atomic E-state index is -0.879. The molecule has 1 aliphatic rings. The SMILES string of the molecule is Nc1ccn([C@@H]2CS[C@H](CO)O2)c(=O)n1.O=C(O)c1ccccc1. The number of nitrogens with zero attached hydrogens (tertiary/aromatic N) is 2. The lowest BCUT2D eigenvalue weighted by Crippen LogP contribution is -2.28. The lowest BCUT2D eigenvalue weighted by Gasteiger charge is -2.13. The quantitative estimate of drug-likeness (QED) is 0.740. The number of rotatable bonds is 3. The molecule has 2 heterocycles. The first kappa shape index (κ1) is 18.0. The first-order valence-electron chi connectivity index (χ1n) is 7.02. The number of carbonyl (C=O) groups is 1. The predicted molar refractivity (Wildman–Crippen MR) is 89.8 cm³/mol. The summed E-state index contributed by atoms with van der Waals surface area (Å²) >= 11 is 1.47. The summed E-state index contributed by atoms with van der Waals surface area (Å²) in [7, 11) is 0. The van der Waals surface area contributed by atoms with E-state index in [1.54, 1.807) is 42.6 Å². The first-order chi connectivity index (χ1) is 11.5. The normalized spacial score (nSPS) is 19.4. The van der Waals surface area contributed by atoms with Crippen LogP contribution in [0.15, 0.2) is 47.4 Å². The third-order valence-electron chi connectivity index (χ3n) is 3.07. The zero-order valence-electron chi connectivity index (χ0n) is 12.6. The van der Waals surface area contributed by atoms with Crippen LogP contribution in [0, 0.1) is 0 Å². The van der Waals surface area contributed by atoms with Gasteiger partial charge in [-0.1, -0.05) is 18.2 Å². The van der Waals surface area contributed by atoms with E-state index in [0.717, 1.165) is 0 Å². The number of ether oxygens (including phenoxy) is 1. The average Bonchev–Trinajstić information content (AvgIpc) is 3.05. The molecule has 2 atom stereocenters. The summed E-state index contributed by atoms with van der Waals surface area (Å²) in [5, 5.41) is 17.3. The van der Waals surface area contributed by atoms with Crippen LogP contribution in [0.3, 0.4) is 0 Å². The van der Waals surface area contributed by atoms with Crippen LogP contribution in [0.2, 0.25) is 0 Å². The minimum Gasteiger partial charge on any atom is -0.478 e. The van der Waals surface area contributed by atoms with Gasteiger partial charge < -0.3 is 20.7 Å². The van der Waals surface area contributed by atoms with Gasteiger partial charge in [-0.05, 0) is 18.2 Å². The number of carboxylic acid groups (broad SMARTS) is 1. The number of hydrogen-bond acceptors (Lipinski definition) is 7. The number of nitrogens with two attached hydrogens (primary N) is 1. The maximum atomic E-state index is 11.4. The average molecular weight is 351 g/mol. The Bertz CT molecular complexity index is 737. The third-order valence-corrected chi connectivity index (χ3v) is 4.17. The van der Waals surface area contributed by atoms with E-state index in [-0.39, 0.29) is 24.1 Å². The molecule has 0 aliphatic carbocycles. The molecule has 8 nitrogen and oxygen atoms in total. The molecule has 128 valence electrons. The second-order valence-corrected chi connectivity index (χ2v) is 5.94. The molecule has 0 unspecified atom stereocenters. The summed E-state index contributed by atoms with van der Waals surface area (Å²) in [5.41, 5.74) is 5.00. The van der Waals surface area contributed by atoms with Crippen molar-refractivity contribution in [3.63, 3.8) is 0 Å². The Kier molecular flexibility index (Phi) is 6.36. The summed E-state index contributed by atoms with van der Waals surface area (Å²) < 4.78 is 6.79. The third kappa shape index (κ3) is 4.82. The lowest BCUT2D eigenvalue weighted by molar-refractivity contribution is -0.00629. The number of thioether (sulfide) groups is 1. The number of aliphatic hydroxyl groups excluding tert-OH is 1. The van der Waals surface area contributed by atoms with Gasteiger partial charge >= 0.3 is 11.7 Å². The van der Waals surface area contributed by atoms with Crippen LogP contribution >= 0.6 is 11.8 Å². The monoisotopic (exact) mass is 351 g/mol. The fourth-order valence-corrected chi connectivity index (χ4v) is 2.84. The molecule has 0 bridgehead atoms. The topological polar surface area (TPSA) is 128 Å². The lowest BCUT2D eigenvalue weighted by atomic mass is 10.2. The van der Waals surface area contributed by atoms with Gasteiger partial charge in [0, 0.05) is 11.9 Å². The van der Waals surface area contributed by atoms with Crippen LogP contribution in [0.1, 0.15) is 16.6 Å². The molecule has 0 spiro atoms. The molecule has 1 fully saturated rings. The van der Waals surface area contributed by atoms with E-state index in [2.05, 4.69) is 4.98 Å². The fourth-order valence-electron chi connectivity index (χ4n) is 1.91. The van der Waals surface area contributed by atoms with Crippen molar-refractivity contribution < 1.29 is 19.7 Å². The summed E-state index contributed by atoms with van der Waals surface area (Å²) in [6.45, 7) is -0.0572. The number of aromatic nitrogens is 2. The molecule has 0 amide bonds. The Hall–Kier alpha value is -2.36. The van der Waals surface area contributed by atoms with Gasteiger partial charge in [0.25, 0.3) is 0 Å². The van der Waals surface area contributed by atoms with Crippen LogP contribution < -0.4 is 11.4 Å². The van der Waals surface area contributed by atoms with Crippen molar-refractivity contribution in [2.24, 2.45) is 0 Å². The highest BCUT2D eigenvalue weighted by Crippen LogP contribution is 2.30. The number of hydrogen-bond donors (Lipinski definition) is 3. The number of aromatic carboxylic acids is 1. The first-order valence-corrected chi connectivity index (χ1v) is 8.07. The van der Waals surface area contributed by atoms with E-state index in [1.807, 2.05) is 0 Å². The van der Waals surface area contributed by atoms with Gasteiger partial charge in [0.1, 0.15) is 17.5 Å². The number of nitrogen functional groups attached to an aromatic ring is 1. The van der Waals surface area contributed by atoms with Crippen LogP contribution in [0.25, 0.3) is 0 Å². The maximum absolute atomic E-state index is 11.4. The van der Waals surface area contributed by atoms with Gasteiger partial charge in [0.05, 0.1) is 12.2 Å². The van der Waals surface area contributed by atoms with Crippen molar-refractivity contribution in [2.45, 2.75) is 11.7 Å². The Morgan fingerprint density at radius 2 is 2.08 bits per heavy atom. The minimum absolute atomic E-state index is 0.0572. The van der Waals surface area contributed by atoms with Crippen LogP contribution in [0.5, 0.6) is 0 Å². The molecule has 4 N–H and O–H groups in total. The van der Waals surface area contributed by atoms with Gasteiger partial charge in [0.15, 0.2) is 0 Å². The van der Waals surface area contributed by atoms with E-state index in [9.17, 15) is 9.59 Å². The van der Waals surface area contributed by atoms with Crippen molar-refractivity contribution in [1.29, 1.82) is 0 Å². The molecule has 3 rings (SSSR count). The van der Waals surface area contributed by atoms with E-state index in [0.29, 0.717) is 11.3 Å². The molecule has 1 aliphatic heterocycles. The zero-order valence-corrected chi connectivity index (χ0v) is 13.4. The molecular weight excluding hydrogens is 334 g/mol. The Morgan fingerprint density at radius 3 is 2.58 bits per heavy atom. The van der Waals surface area contributed by atoms with Crippen molar-refractivity contribution in [3.05, 3.63) is 58.6 Å². The van der Waals surface area contributed by atoms with Crippen molar-refractivity contribution >= 4 is 23.5 Å². The molecule has 2 aromatic rings. The summed E-state index contributed by atoms with van der Waals surface area (Å²) in [4.78, 5) is 25.2. The largest absolute Gasteiger partial charge is 0.478 e. The van der Waals surface area contributed by atoms with Gasteiger partial charge in [-0.25, -0.2) is 9.59 Å². The van der Waals surface area contributed by atoms with Crippen LogP contribution in [0.4, 0.5) is 5.82 Å². The van der Waals surface area contributed by atoms with Gasteiger partial charge in [-0.2, -0.15) is 4.98 Å². The highest BCUT2D eigenvalue weighted by Gasteiger charge is 2.27. The fraction of sp³-hybridized carbons (Fsp3) is 0.267. The highest BCUT2D eigenvalue weighted by molar-refractivity contribution is 8.00. The van der Waals surface area contributed by atoms with E-state index in [1.165, 1.54) is 16.3 Å². The standard InChI is InChI=1S/C8H11N3O3S.C7H6O2/c9-5-1-2-11(8(13)10-5)6-4-15-7(3-12)14-6;8-7(9)6-4-2-1-3-5-6/h1-2,6-7,12H,3-4H2,(H2,9,10,13);1-5H,(H,8,9)/t6-,7+;/m0./s1. The number of aliphatic hydroxyl groups is 1. The molecule has 1 saturated heterocycles. The molecule has 0 radical (unpaired) electrons. The predicted octanol–water partition coefficient (Wildman–Crippen LogP) is 0.791. The Morgan fingerprint density at radius 1 is 1.38 bits per heavy atom. The molecule has 9 heteroatoms. The van der Waals surface area contributed by atoms with Crippen LogP contribution in [-0.4, -0.2) is 43.5 Å². The Balaban J connectivity index is 0.000000198. The van der Waals surface area contributed by atoms with Gasteiger partial charge in [-0.3, -0.25) is 4.57 Å². The number of benzene rings is 1. The number of anilines is 1. The van der Waals surface area contributed by atoms with Crippen molar-refractivity contribution in [1.82, 2.24) is 9.55 Å². The molecule has 0 saturated carbocycles. The highest BCUT2D eigenvalue weighted by atomic mass is 32.2. The smallest absolute Gasteiger partial charge is 0.351 e. The summed E-state index contributed by atoms with van der Waals surface area (Å²) in [5.74, 6) is -0.0623. The Labute approximate surface area is 141 Å². The van der Waals surface area contributed by atoms with Crippen molar-refractivity contribution in [3.8, 4) is 0 Å². The van der Waals surface area contributed by atoms with E-state index < -0.39 is 11.7 Å².